The monoisotopic (exact) mass is 396 g/mol. The number of aromatic nitrogens is 2. The first kappa shape index (κ1) is 20.1. The Kier molecular flexibility index (Phi) is 6.31. The van der Waals surface area contributed by atoms with E-state index in [-0.39, 0.29) is 0 Å². The Morgan fingerprint density at radius 3 is 2.45 bits per heavy atom. The fourth-order valence-corrected chi connectivity index (χ4v) is 4.19. The summed E-state index contributed by atoms with van der Waals surface area (Å²) < 4.78 is 11.0. The maximum Gasteiger partial charge on any atom is 0.161 e. The van der Waals surface area contributed by atoms with E-state index in [1.54, 1.807) is 7.11 Å². The number of piperazine rings is 1. The summed E-state index contributed by atoms with van der Waals surface area (Å²) in [5, 5.41) is 0. The minimum Gasteiger partial charge on any atom is -0.497 e. The summed E-state index contributed by atoms with van der Waals surface area (Å²) >= 11 is 0. The Morgan fingerprint density at radius 1 is 1.03 bits per heavy atom. The molecule has 1 aromatic carbocycles. The largest absolute Gasteiger partial charge is 0.497 e. The second-order valence-corrected chi connectivity index (χ2v) is 7.92. The lowest BCUT2D eigenvalue weighted by molar-refractivity contribution is 0.146. The molecule has 6 nitrogen and oxygen atoms in total. The molecule has 1 saturated heterocycles. The molecule has 0 spiro atoms. The Hall–Kier alpha value is -2.18. The number of methoxy groups -OCH3 is 1. The maximum absolute atomic E-state index is 5.75. The number of hydrogen-bond acceptors (Lipinski definition) is 6. The van der Waals surface area contributed by atoms with E-state index in [0.717, 1.165) is 80.9 Å². The van der Waals surface area contributed by atoms with E-state index in [1.807, 2.05) is 24.3 Å². The zero-order valence-electron chi connectivity index (χ0n) is 17.9. The van der Waals surface area contributed by atoms with E-state index in [4.69, 9.17) is 19.4 Å². The number of anilines is 1. The molecule has 29 heavy (non-hydrogen) atoms. The van der Waals surface area contributed by atoms with Crippen LogP contribution in [0.3, 0.4) is 0 Å². The molecule has 0 radical (unpaired) electrons. The van der Waals surface area contributed by atoms with Crippen molar-refractivity contribution in [2.75, 3.05) is 51.4 Å². The average molecular weight is 397 g/mol. The molecule has 1 unspecified atom stereocenters. The standard InChI is InChI=1S/C23H32N4O2/c1-4-17(2)26-11-13-27(14-12-26)23-20-9-15-29-16-10-21(20)24-22(25-23)18-5-7-19(28-3)8-6-18/h5-8,17H,4,9-16H2,1-3H3. The second kappa shape index (κ2) is 9.09. The van der Waals surface area contributed by atoms with Gasteiger partial charge in [-0.15, -0.1) is 0 Å². The minimum absolute atomic E-state index is 0.642. The lowest BCUT2D eigenvalue weighted by Gasteiger charge is -2.39. The minimum atomic E-state index is 0.642. The Morgan fingerprint density at radius 2 is 1.76 bits per heavy atom. The first-order valence-corrected chi connectivity index (χ1v) is 10.8. The van der Waals surface area contributed by atoms with Crippen molar-refractivity contribution in [1.29, 1.82) is 0 Å². The molecular formula is C23H32N4O2. The first-order chi connectivity index (χ1) is 14.2. The van der Waals surface area contributed by atoms with E-state index < -0.39 is 0 Å². The van der Waals surface area contributed by atoms with Gasteiger partial charge in [0.1, 0.15) is 11.6 Å². The summed E-state index contributed by atoms with van der Waals surface area (Å²) in [5.74, 6) is 2.75. The van der Waals surface area contributed by atoms with Gasteiger partial charge in [0.25, 0.3) is 0 Å². The molecule has 2 aliphatic heterocycles. The van der Waals surface area contributed by atoms with Crippen molar-refractivity contribution in [3.05, 3.63) is 35.5 Å². The van der Waals surface area contributed by atoms with E-state index in [1.165, 1.54) is 12.0 Å². The van der Waals surface area contributed by atoms with Crippen LogP contribution in [0.2, 0.25) is 0 Å². The van der Waals surface area contributed by atoms with E-state index in [2.05, 4.69) is 23.6 Å². The lowest BCUT2D eigenvalue weighted by Crippen LogP contribution is -2.50. The van der Waals surface area contributed by atoms with Crippen molar-refractivity contribution in [3.63, 3.8) is 0 Å². The van der Waals surface area contributed by atoms with Crippen LogP contribution in [-0.2, 0) is 17.6 Å². The average Bonchev–Trinajstić information content (AvgIpc) is 3.03. The molecule has 156 valence electrons. The Balaban J connectivity index is 1.66. The predicted octanol–water partition coefficient (Wildman–Crippen LogP) is 3.19. The van der Waals surface area contributed by atoms with Crippen LogP contribution in [0.4, 0.5) is 5.82 Å². The molecule has 0 saturated carbocycles. The van der Waals surface area contributed by atoms with Gasteiger partial charge in [0.2, 0.25) is 0 Å². The van der Waals surface area contributed by atoms with Gasteiger partial charge in [-0.1, -0.05) is 6.92 Å². The SMILES string of the molecule is CCC(C)N1CCN(c2nc(-c3ccc(OC)cc3)nc3c2CCOCC3)CC1. The van der Waals surface area contributed by atoms with Gasteiger partial charge >= 0.3 is 0 Å². The zero-order chi connectivity index (χ0) is 20.2. The van der Waals surface area contributed by atoms with Gasteiger partial charge in [0.05, 0.1) is 26.0 Å². The van der Waals surface area contributed by atoms with Gasteiger partial charge in [-0.2, -0.15) is 0 Å². The third kappa shape index (κ3) is 4.38. The van der Waals surface area contributed by atoms with Crippen molar-refractivity contribution in [3.8, 4) is 17.1 Å². The number of ether oxygens (including phenoxy) is 2. The van der Waals surface area contributed by atoms with Crippen molar-refractivity contribution in [2.45, 2.75) is 39.2 Å². The smallest absolute Gasteiger partial charge is 0.161 e. The second-order valence-electron chi connectivity index (χ2n) is 7.92. The molecule has 1 fully saturated rings. The van der Waals surface area contributed by atoms with Gasteiger partial charge in [-0.05, 0) is 37.6 Å². The summed E-state index contributed by atoms with van der Waals surface area (Å²) in [6.45, 7) is 10.3. The fraction of sp³-hybridized carbons (Fsp3) is 0.565. The Bertz CT molecular complexity index is 816. The molecular weight excluding hydrogens is 364 g/mol. The highest BCUT2D eigenvalue weighted by molar-refractivity contribution is 5.62. The van der Waals surface area contributed by atoms with Crippen LogP contribution in [0.5, 0.6) is 5.75 Å². The fourth-order valence-electron chi connectivity index (χ4n) is 4.19. The number of nitrogens with zero attached hydrogens (tertiary/aromatic N) is 4. The normalized spacial score (nSPS) is 18.8. The van der Waals surface area contributed by atoms with Crippen LogP contribution >= 0.6 is 0 Å². The van der Waals surface area contributed by atoms with Crippen LogP contribution < -0.4 is 9.64 Å². The molecule has 4 rings (SSSR count). The number of benzene rings is 1. The van der Waals surface area contributed by atoms with E-state index >= 15 is 0 Å². The molecule has 0 aliphatic carbocycles. The summed E-state index contributed by atoms with van der Waals surface area (Å²) in [5.41, 5.74) is 3.44. The number of hydrogen-bond donors (Lipinski definition) is 0. The topological polar surface area (TPSA) is 50.7 Å². The van der Waals surface area contributed by atoms with Crippen LogP contribution in [0.25, 0.3) is 11.4 Å². The molecule has 0 bridgehead atoms. The lowest BCUT2D eigenvalue weighted by atomic mass is 10.1. The van der Waals surface area contributed by atoms with E-state index in [9.17, 15) is 0 Å². The van der Waals surface area contributed by atoms with Crippen molar-refractivity contribution in [1.82, 2.24) is 14.9 Å². The first-order valence-electron chi connectivity index (χ1n) is 10.8. The number of fused-ring (bicyclic) bond motifs is 1. The molecule has 1 atom stereocenters. The van der Waals surface area contributed by atoms with Gasteiger partial charge in [0.15, 0.2) is 5.82 Å². The summed E-state index contributed by atoms with van der Waals surface area (Å²) in [7, 11) is 1.69. The van der Waals surface area contributed by atoms with Crippen molar-refractivity contribution in [2.24, 2.45) is 0 Å². The molecule has 2 aliphatic rings. The van der Waals surface area contributed by atoms with E-state index in [0.29, 0.717) is 6.04 Å². The van der Waals surface area contributed by atoms with Crippen LogP contribution in [-0.4, -0.2) is 67.4 Å². The summed E-state index contributed by atoms with van der Waals surface area (Å²) in [4.78, 5) is 15.1. The zero-order valence-corrected chi connectivity index (χ0v) is 17.9. The molecule has 2 aromatic rings. The van der Waals surface area contributed by atoms with Crippen LogP contribution in [0, 0.1) is 0 Å². The van der Waals surface area contributed by atoms with Gasteiger partial charge in [-0.25, -0.2) is 9.97 Å². The predicted molar refractivity (Wildman–Crippen MR) is 116 cm³/mol. The molecule has 0 amide bonds. The Labute approximate surface area is 173 Å². The highest BCUT2D eigenvalue weighted by Gasteiger charge is 2.26. The molecule has 6 heteroatoms. The third-order valence-corrected chi connectivity index (χ3v) is 6.23. The van der Waals surface area contributed by atoms with Gasteiger partial charge < -0.3 is 14.4 Å². The molecule has 1 aromatic heterocycles. The van der Waals surface area contributed by atoms with Crippen molar-refractivity contribution < 1.29 is 9.47 Å². The van der Waals surface area contributed by atoms with Crippen LogP contribution in [0.1, 0.15) is 31.5 Å². The van der Waals surface area contributed by atoms with Crippen molar-refractivity contribution >= 4 is 5.82 Å². The van der Waals surface area contributed by atoms with Crippen LogP contribution in [0.15, 0.2) is 24.3 Å². The highest BCUT2D eigenvalue weighted by Crippen LogP contribution is 2.29. The number of rotatable bonds is 5. The highest BCUT2D eigenvalue weighted by atomic mass is 16.5. The maximum atomic E-state index is 5.75. The van der Waals surface area contributed by atoms with Gasteiger partial charge in [-0.3, -0.25) is 4.90 Å². The summed E-state index contributed by atoms with van der Waals surface area (Å²) in [6, 6.07) is 8.66. The third-order valence-electron chi connectivity index (χ3n) is 6.23. The quantitative estimate of drug-likeness (QED) is 0.774. The molecule has 3 heterocycles. The molecule has 0 N–H and O–H groups in total. The van der Waals surface area contributed by atoms with Gasteiger partial charge in [0, 0.05) is 56.2 Å². The summed E-state index contributed by atoms with van der Waals surface area (Å²) in [6.07, 6.45) is 2.93.